The van der Waals surface area contributed by atoms with Crippen LogP contribution in [0, 0.1) is 5.92 Å². The molecule has 5 heterocycles. The standard InChI is InChI=1S/C22H29N5O3/c1-26-6-2-17(12-26)20(28)27-7-5-22(14-27)15-30-13-18-11-24-21(25-19(18)22)23-10-16-3-8-29-9-4-16/h2,6,11-12,16H,3-5,7-10,13-15H2,1H3,(H,23,24,25)/t22-/m0/s1. The molecule has 0 aromatic carbocycles. The molecule has 8 heteroatoms. The van der Waals surface area contributed by atoms with Crippen molar-refractivity contribution in [2.45, 2.75) is 31.3 Å². The lowest BCUT2D eigenvalue weighted by Gasteiger charge is -2.34. The number of carbonyl (C=O) groups excluding carboxylic acids is 1. The molecule has 2 saturated heterocycles. The highest BCUT2D eigenvalue weighted by atomic mass is 16.5. The Morgan fingerprint density at radius 3 is 3.00 bits per heavy atom. The maximum absolute atomic E-state index is 13.0. The first-order valence-corrected chi connectivity index (χ1v) is 10.8. The fourth-order valence-electron chi connectivity index (χ4n) is 4.84. The maximum Gasteiger partial charge on any atom is 0.255 e. The van der Waals surface area contributed by atoms with Crippen molar-refractivity contribution in [1.29, 1.82) is 0 Å². The Morgan fingerprint density at radius 2 is 2.20 bits per heavy atom. The van der Waals surface area contributed by atoms with E-state index >= 15 is 0 Å². The lowest BCUT2D eigenvalue weighted by Crippen LogP contribution is -2.41. The number of aromatic nitrogens is 3. The number of aryl methyl sites for hydroxylation is 1. The molecule has 1 N–H and O–H groups in total. The van der Waals surface area contributed by atoms with E-state index in [1.165, 1.54) is 0 Å². The molecule has 3 aliphatic heterocycles. The number of amides is 1. The molecule has 3 aliphatic rings. The first kappa shape index (κ1) is 19.5. The summed E-state index contributed by atoms with van der Waals surface area (Å²) in [6, 6.07) is 1.87. The third kappa shape index (κ3) is 3.70. The summed E-state index contributed by atoms with van der Waals surface area (Å²) in [5.74, 6) is 1.35. The summed E-state index contributed by atoms with van der Waals surface area (Å²) in [5, 5.41) is 3.43. The van der Waals surface area contributed by atoms with Crippen molar-refractivity contribution in [1.82, 2.24) is 19.4 Å². The van der Waals surface area contributed by atoms with Gasteiger partial charge < -0.3 is 24.3 Å². The summed E-state index contributed by atoms with van der Waals surface area (Å²) in [6.45, 7) is 5.00. The molecule has 5 rings (SSSR count). The van der Waals surface area contributed by atoms with Gasteiger partial charge in [0, 0.05) is 64.0 Å². The van der Waals surface area contributed by atoms with E-state index in [0.717, 1.165) is 55.8 Å². The SMILES string of the molecule is Cn1ccc(C(=O)N2CC[C@@]3(COCc4cnc(NCC5CCOCC5)nc43)C2)c1. The summed E-state index contributed by atoms with van der Waals surface area (Å²) < 4.78 is 13.3. The average molecular weight is 412 g/mol. The summed E-state index contributed by atoms with van der Waals surface area (Å²) >= 11 is 0. The highest BCUT2D eigenvalue weighted by molar-refractivity contribution is 5.94. The van der Waals surface area contributed by atoms with Crippen LogP contribution in [0.2, 0.25) is 0 Å². The normalized spacial score (nSPS) is 24.2. The van der Waals surface area contributed by atoms with Crippen LogP contribution in [0.4, 0.5) is 5.95 Å². The predicted molar refractivity (Wildman–Crippen MR) is 111 cm³/mol. The fourth-order valence-corrected chi connectivity index (χ4v) is 4.84. The van der Waals surface area contributed by atoms with Crippen LogP contribution in [0.5, 0.6) is 0 Å². The number of hydrogen-bond donors (Lipinski definition) is 1. The van der Waals surface area contributed by atoms with Crippen molar-refractivity contribution >= 4 is 11.9 Å². The van der Waals surface area contributed by atoms with Gasteiger partial charge in [-0.15, -0.1) is 0 Å². The number of hydrogen-bond acceptors (Lipinski definition) is 6. The van der Waals surface area contributed by atoms with Crippen LogP contribution in [0.25, 0.3) is 0 Å². The molecule has 160 valence electrons. The second-order valence-electron chi connectivity index (χ2n) is 8.82. The van der Waals surface area contributed by atoms with Crippen molar-refractivity contribution < 1.29 is 14.3 Å². The number of rotatable bonds is 4. The highest BCUT2D eigenvalue weighted by Gasteiger charge is 2.46. The smallest absolute Gasteiger partial charge is 0.255 e. The molecule has 0 radical (unpaired) electrons. The van der Waals surface area contributed by atoms with E-state index in [0.29, 0.717) is 38.2 Å². The molecule has 1 atom stereocenters. The summed E-state index contributed by atoms with van der Waals surface area (Å²) in [6.07, 6.45) is 8.67. The van der Waals surface area contributed by atoms with Gasteiger partial charge in [0.25, 0.3) is 5.91 Å². The first-order chi connectivity index (χ1) is 14.6. The van der Waals surface area contributed by atoms with Gasteiger partial charge in [-0.3, -0.25) is 4.79 Å². The van der Waals surface area contributed by atoms with Crippen LogP contribution in [-0.4, -0.2) is 64.8 Å². The van der Waals surface area contributed by atoms with Crippen molar-refractivity contribution in [2.24, 2.45) is 13.0 Å². The molecule has 2 aromatic heterocycles. The number of nitrogens with one attached hydrogen (secondary N) is 1. The van der Waals surface area contributed by atoms with Gasteiger partial charge in [-0.1, -0.05) is 0 Å². The largest absolute Gasteiger partial charge is 0.381 e. The quantitative estimate of drug-likeness (QED) is 0.829. The average Bonchev–Trinajstić information content (AvgIpc) is 3.40. The zero-order chi connectivity index (χ0) is 20.6. The molecule has 2 aromatic rings. The molecule has 2 fully saturated rings. The molecule has 0 saturated carbocycles. The topological polar surface area (TPSA) is 81.5 Å². The van der Waals surface area contributed by atoms with E-state index in [-0.39, 0.29) is 11.3 Å². The number of carbonyl (C=O) groups is 1. The van der Waals surface area contributed by atoms with E-state index in [1.54, 1.807) is 0 Å². The number of ether oxygens (including phenoxy) is 2. The van der Waals surface area contributed by atoms with Crippen LogP contribution in [0.1, 0.15) is 40.9 Å². The monoisotopic (exact) mass is 411 g/mol. The Kier molecular flexibility index (Phi) is 5.20. The number of fused-ring (bicyclic) bond motifs is 2. The third-order valence-corrected chi connectivity index (χ3v) is 6.61. The van der Waals surface area contributed by atoms with Crippen LogP contribution in [0.15, 0.2) is 24.7 Å². The van der Waals surface area contributed by atoms with E-state index in [1.807, 2.05) is 41.2 Å². The Balaban J connectivity index is 1.33. The van der Waals surface area contributed by atoms with Crippen LogP contribution >= 0.6 is 0 Å². The van der Waals surface area contributed by atoms with Crippen molar-refractivity contribution in [3.05, 3.63) is 41.5 Å². The molecular weight excluding hydrogens is 382 g/mol. The van der Waals surface area contributed by atoms with Gasteiger partial charge in [-0.05, 0) is 31.2 Å². The zero-order valence-electron chi connectivity index (χ0n) is 17.5. The Bertz CT molecular complexity index is 923. The summed E-state index contributed by atoms with van der Waals surface area (Å²) in [7, 11) is 1.93. The van der Waals surface area contributed by atoms with Gasteiger partial charge in [0.2, 0.25) is 5.95 Å². The van der Waals surface area contributed by atoms with E-state index in [9.17, 15) is 4.79 Å². The lowest BCUT2D eigenvalue weighted by atomic mass is 9.80. The molecular formula is C22H29N5O3. The van der Waals surface area contributed by atoms with Crippen LogP contribution in [-0.2, 0) is 28.5 Å². The number of nitrogens with zero attached hydrogens (tertiary/aromatic N) is 4. The number of anilines is 1. The Hall–Kier alpha value is -2.45. The second kappa shape index (κ2) is 8.00. The van der Waals surface area contributed by atoms with Crippen LogP contribution < -0.4 is 5.32 Å². The van der Waals surface area contributed by atoms with Gasteiger partial charge >= 0.3 is 0 Å². The highest BCUT2D eigenvalue weighted by Crippen LogP contribution is 2.39. The van der Waals surface area contributed by atoms with Crippen molar-refractivity contribution in [2.75, 3.05) is 44.8 Å². The molecule has 8 nitrogen and oxygen atoms in total. The van der Waals surface area contributed by atoms with Gasteiger partial charge in [-0.2, -0.15) is 0 Å². The van der Waals surface area contributed by atoms with Crippen molar-refractivity contribution in [3.8, 4) is 0 Å². The molecule has 0 aliphatic carbocycles. The van der Waals surface area contributed by atoms with Crippen molar-refractivity contribution in [3.63, 3.8) is 0 Å². The van der Waals surface area contributed by atoms with Crippen LogP contribution in [0.3, 0.4) is 0 Å². The first-order valence-electron chi connectivity index (χ1n) is 10.8. The fraction of sp³-hybridized carbons (Fsp3) is 0.591. The zero-order valence-corrected chi connectivity index (χ0v) is 17.5. The van der Waals surface area contributed by atoms with Gasteiger partial charge in [0.05, 0.1) is 29.9 Å². The molecule has 1 amide bonds. The molecule has 1 spiro atoms. The van der Waals surface area contributed by atoms with Gasteiger partial charge in [0.15, 0.2) is 0 Å². The maximum atomic E-state index is 13.0. The van der Waals surface area contributed by atoms with E-state index in [4.69, 9.17) is 14.5 Å². The predicted octanol–water partition coefficient (Wildman–Crippen LogP) is 1.97. The number of likely N-dealkylation sites (tertiary alicyclic amines) is 1. The minimum Gasteiger partial charge on any atom is -0.381 e. The van der Waals surface area contributed by atoms with Gasteiger partial charge in [0.1, 0.15) is 0 Å². The minimum atomic E-state index is -0.254. The second-order valence-corrected chi connectivity index (χ2v) is 8.82. The summed E-state index contributed by atoms with van der Waals surface area (Å²) in [4.78, 5) is 24.3. The Labute approximate surface area is 176 Å². The summed E-state index contributed by atoms with van der Waals surface area (Å²) in [5.41, 5.74) is 2.55. The minimum absolute atomic E-state index is 0.0755. The van der Waals surface area contributed by atoms with E-state index < -0.39 is 0 Å². The molecule has 0 unspecified atom stereocenters. The third-order valence-electron chi connectivity index (χ3n) is 6.61. The van der Waals surface area contributed by atoms with Gasteiger partial charge in [-0.25, -0.2) is 9.97 Å². The molecule has 0 bridgehead atoms. The Morgan fingerprint density at radius 1 is 1.33 bits per heavy atom. The lowest BCUT2D eigenvalue weighted by molar-refractivity contribution is 0.0485. The van der Waals surface area contributed by atoms with E-state index in [2.05, 4.69) is 10.3 Å². The molecule has 30 heavy (non-hydrogen) atoms.